The number of benzene rings is 2. The molecule has 0 unspecified atom stereocenters. The summed E-state index contributed by atoms with van der Waals surface area (Å²) in [6.07, 6.45) is 1.60. The second-order valence-electron chi connectivity index (χ2n) is 5.06. The normalized spacial score (nSPS) is 10.3. The van der Waals surface area contributed by atoms with Gasteiger partial charge < -0.3 is 10.4 Å². The number of carbonyl (C=O) groups excluding carboxylic acids is 1. The van der Waals surface area contributed by atoms with Gasteiger partial charge in [0.1, 0.15) is 5.75 Å². The minimum Gasteiger partial charge on any atom is -0.508 e. The number of phenolic OH excluding ortho intramolecular Hbond substituents is 1. The Kier molecular flexibility index (Phi) is 4.01. The van der Waals surface area contributed by atoms with E-state index in [4.69, 9.17) is 0 Å². The maximum absolute atomic E-state index is 12.2. The van der Waals surface area contributed by atoms with Crippen molar-refractivity contribution in [1.82, 2.24) is 9.97 Å². The van der Waals surface area contributed by atoms with Gasteiger partial charge in [0, 0.05) is 11.1 Å². The highest BCUT2D eigenvalue weighted by molar-refractivity contribution is 6.03. The average Bonchev–Trinajstić information content (AvgIpc) is 2.58. The van der Waals surface area contributed by atoms with Crippen molar-refractivity contribution in [3.63, 3.8) is 0 Å². The Balaban J connectivity index is 1.82. The van der Waals surface area contributed by atoms with Crippen molar-refractivity contribution in [2.24, 2.45) is 0 Å². The van der Waals surface area contributed by atoms with E-state index in [1.165, 1.54) is 0 Å². The molecule has 3 rings (SSSR count). The van der Waals surface area contributed by atoms with Gasteiger partial charge in [0.05, 0.1) is 17.6 Å². The first-order valence-electron chi connectivity index (χ1n) is 7.13. The summed E-state index contributed by atoms with van der Waals surface area (Å²) in [7, 11) is 0. The summed E-state index contributed by atoms with van der Waals surface area (Å²) >= 11 is 0. The van der Waals surface area contributed by atoms with Crippen LogP contribution in [-0.2, 0) is 0 Å². The Bertz CT molecular complexity index is 831. The molecular weight excluding hydrogens is 290 g/mol. The van der Waals surface area contributed by atoms with Crippen molar-refractivity contribution in [3.8, 4) is 17.0 Å². The third-order valence-corrected chi connectivity index (χ3v) is 3.38. The third-order valence-electron chi connectivity index (χ3n) is 3.38. The van der Waals surface area contributed by atoms with Gasteiger partial charge in [-0.05, 0) is 43.3 Å². The number of carbonyl (C=O) groups is 1. The number of nitrogens with zero attached hydrogens (tertiary/aromatic N) is 2. The highest BCUT2D eigenvalue weighted by Crippen LogP contribution is 2.21. The summed E-state index contributed by atoms with van der Waals surface area (Å²) in [4.78, 5) is 20.9. The zero-order valence-corrected chi connectivity index (χ0v) is 12.5. The lowest BCUT2D eigenvalue weighted by Crippen LogP contribution is -2.14. The van der Waals surface area contributed by atoms with Gasteiger partial charge in [-0.1, -0.05) is 18.2 Å². The Morgan fingerprint density at radius 3 is 2.39 bits per heavy atom. The summed E-state index contributed by atoms with van der Waals surface area (Å²) in [6, 6.07) is 15.7. The molecule has 1 amide bonds. The number of aryl methyl sites for hydroxylation is 1. The lowest BCUT2D eigenvalue weighted by atomic mass is 10.1. The van der Waals surface area contributed by atoms with Gasteiger partial charge in [0.2, 0.25) is 0 Å². The molecule has 114 valence electrons. The fraction of sp³-hybridized carbons (Fsp3) is 0.0556. The highest BCUT2D eigenvalue weighted by atomic mass is 16.3. The van der Waals surface area contributed by atoms with E-state index in [2.05, 4.69) is 15.3 Å². The van der Waals surface area contributed by atoms with Gasteiger partial charge in [-0.25, -0.2) is 9.97 Å². The van der Waals surface area contributed by atoms with E-state index in [-0.39, 0.29) is 11.7 Å². The smallest absolute Gasteiger partial charge is 0.256 e. The molecule has 23 heavy (non-hydrogen) atoms. The van der Waals surface area contributed by atoms with Crippen LogP contribution >= 0.6 is 0 Å². The number of hydrogen-bond acceptors (Lipinski definition) is 4. The van der Waals surface area contributed by atoms with Crippen molar-refractivity contribution < 1.29 is 9.90 Å². The zero-order chi connectivity index (χ0) is 16.2. The molecule has 0 aliphatic carbocycles. The van der Waals surface area contributed by atoms with Crippen LogP contribution in [0.2, 0.25) is 0 Å². The maximum Gasteiger partial charge on any atom is 0.256 e. The fourth-order valence-electron chi connectivity index (χ4n) is 2.14. The van der Waals surface area contributed by atoms with Crippen LogP contribution in [0.15, 0.2) is 60.8 Å². The minimum absolute atomic E-state index is 0.199. The van der Waals surface area contributed by atoms with Crippen LogP contribution in [-0.4, -0.2) is 21.0 Å². The maximum atomic E-state index is 12.2. The molecule has 0 bridgehead atoms. The molecule has 0 fully saturated rings. The van der Waals surface area contributed by atoms with Gasteiger partial charge in [0.25, 0.3) is 5.91 Å². The molecule has 2 N–H and O–H groups in total. The first-order valence-corrected chi connectivity index (χ1v) is 7.13. The molecule has 0 saturated carbocycles. The first kappa shape index (κ1) is 14.7. The number of aromatic hydroxyl groups is 1. The molecule has 0 radical (unpaired) electrons. The SMILES string of the molecule is Cc1nc(-c2ccc(O)cc2)cnc1NC(=O)c1ccccc1. The summed E-state index contributed by atoms with van der Waals surface area (Å²) in [5.41, 5.74) is 2.72. The van der Waals surface area contributed by atoms with Gasteiger partial charge in [-0.3, -0.25) is 4.79 Å². The molecule has 0 aliphatic rings. The van der Waals surface area contributed by atoms with Crippen LogP contribution < -0.4 is 5.32 Å². The van der Waals surface area contributed by atoms with Crippen LogP contribution in [0.25, 0.3) is 11.3 Å². The monoisotopic (exact) mass is 305 g/mol. The number of anilines is 1. The van der Waals surface area contributed by atoms with Crippen molar-refractivity contribution in [2.45, 2.75) is 6.92 Å². The number of hydrogen-bond donors (Lipinski definition) is 2. The van der Waals surface area contributed by atoms with Crippen molar-refractivity contribution in [2.75, 3.05) is 5.32 Å². The Morgan fingerprint density at radius 1 is 1.04 bits per heavy atom. The van der Waals surface area contributed by atoms with Crippen LogP contribution in [0.3, 0.4) is 0 Å². The molecule has 5 heteroatoms. The van der Waals surface area contributed by atoms with Crippen molar-refractivity contribution in [1.29, 1.82) is 0 Å². The van der Waals surface area contributed by atoms with Crippen LogP contribution in [0.5, 0.6) is 5.75 Å². The number of phenols is 1. The van der Waals surface area contributed by atoms with Gasteiger partial charge in [-0.2, -0.15) is 0 Å². The van der Waals surface area contributed by atoms with E-state index in [1.807, 2.05) is 6.07 Å². The molecule has 2 aromatic carbocycles. The Labute approximate surface area is 133 Å². The van der Waals surface area contributed by atoms with E-state index in [0.29, 0.717) is 22.8 Å². The second-order valence-corrected chi connectivity index (χ2v) is 5.06. The molecule has 1 heterocycles. The third kappa shape index (κ3) is 3.35. The molecular formula is C18H15N3O2. The molecule has 0 saturated heterocycles. The first-order chi connectivity index (χ1) is 11.1. The summed E-state index contributed by atoms with van der Waals surface area (Å²) in [5, 5.41) is 12.1. The van der Waals surface area contributed by atoms with E-state index >= 15 is 0 Å². The summed E-state index contributed by atoms with van der Waals surface area (Å²) in [5.74, 6) is 0.409. The molecule has 3 aromatic rings. The van der Waals surface area contributed by atoms with Gasteiger partial charge in [-0.15, -0.1) is 0 Å². The predicted molar refractivity (Wildman–Crippen MR) is 88.3 cm³/mol. The van der Waals surface area contributed by atoms with Crippen LogP contribution in [0.1, 0.15) is 16.1 Å². The standard InChI is InChI=1S/C18H15N3O2/c1-12-17(21-18(23)14-5-3-2-4-6-14)19-11-16(20-12)13-7-9-15(22)10-8-13/h2-11,22H,1H3,(H,19,21,23). The summed E-state index contributed by atoms with van der Waals surface area (Å²) < 4.78 is 0. The molecule has 1 aromatic heterocycles. The van der Waals surface area contributed by atoms with E-state index in [1.54, 1.807) is 61.7 Å². The second kappa shape index (κ2) is 6.27. The predicted octanol–water partition coefficient (Wildman–Crippen LogP) is 3.41. The van der Waals surface area contributed by atoms with Crippen LogP contribution in [0, 0.1) is 6.92 Å². The molecule has 5 nitrogen and oxygen atoms in total. The molecule has 0 atom stereocenters. The lowest BCUT2D eigenvalue weighted by molar-refractivity contribution is 0.102. The number of amides is 1. The van der Waals surface area contributed by atoms with Gasteiger partial charge >= 0.3 is 0 Å². The van der Waals surface area contributed by atoms with E-state index < -0.39 is 0 Å². The van der Waals surface area contributed by atoms with Crippen molar-refractivity contribution >= 4 is 11.7 Å². The number of aromatic nitrogens is 2. The largest absolute Gasteiger partial charge is 0.508 e. The fourth-order valence-corrected chi connectivity index (χ4v) is 2.14. The average molecular weight is 305 g/mol. The topological polar surface area (TPSA) is 75.1 Å². The minimum atomic E-state index is -0.222. The van der Waals surface area contributed by atoms with Crippen molar-refractivity contribution in [3.05, 3.63) is 72.1 Å². The van der Waals surface area contributed by atoms with E-state index in [9.17, 15) is 9.90 Å². The quantitative estimate of drug-likeness (QED) is 0.777. The van der Waals surface area contributed by atoms with Gasteiger partial charge in [0.15, 0.2) is 5.82 Å². The Hall–Kier alpha value is -3.21. The molecule has 0 spiro atoms. The van der Waals surface area contributed by atoms with E-state index in [0.717, 1.165) is 5.56 Å². The molecule has 0 aliphatic heterocycles. The number of nitrogens with one attached hydrogen (secondary N) is 1. The Morgan fingerprint density at radius 2 is 1.74 bits per heavy atom. The lowest BCUT2D eigenvalue weighted by Gasteiger charge is -2.09. The summed E-state index contributed by atoms with van der Waals surface area (Å²) in [6.45, 7) is 1.79. The number of rotatable bonds is 3. The highest BCUT2D eigenvalue weighted by Gasteiger charge is 2.10. The zero-order valence-electron chi connectivity index (χ0n) is 12.5. The van der Waals surface area contributed by atoms with Crippen LogP contribution in [0.4, 0.5) is 5.82 Å².